The molecule has 74 valence electrons. The van der Waals surface area contributed by atoms with Gasteiger partial charge < -0.3 is 10.6 Å². The van der Waals surface area contributed by atoms with Crippen LogP contribution in [0, 0.1) is 0 Å². The Kier molecular flexibility index (Phi) is 3.96. The van der Waals surface area contributed by atoms with Gasteiger partial charge in [-0.2, -0.15) is 0 Å². The maximum atomic E-state index is 11.2. The molecule has 1 aliphatic carbocycles. The summed E-state index contributed by atoms with van der Waals surface area (Å²) in [6.45, 7) is 6.12. The van der Waals surface area contributed by atoms with Gasteiger partial charge in [-0.25, -0.2) is 0 Å². The van der Waals surface area contributed by atoms with Crippen molar-refractivity contribution in [3.63, 3.8) is 0 Å². The highest BCUT2D eigenvalue weighted by Gasteiger charge is 2.22. The van der Waals surface area contributed by atoms with E-state index in [9.17, 15) is 4.79 Å². The molecular weight excluding hydrogens is 164 g/mol. The van der Waals surface area contributed by atoms with Crippen molar-refractivity contribution in [2.24, 2.45) is 0 Å². The number of carbonyl (C=O) groups excluding carboxylic acids is 1. The second kappa shape index (κ2) is 5.02. The predicted octanol–water partition coefficient (Wildman–Crippen LogP) is 0.819. The van der Waals surface area contributed by atoms with Gasteiger partial charge in [0.15, 0.2) is 0 Å². The summed E-state index contributed by atoms with van der Waals surface area (Å²) in [5.41, 5.74) is 0. The van der Waals surface area contributed by atoms with Crippen LogP contribution < -0.4 is 10.6 Å². The van der Waals surface area contributed by atoms with E-state index in [1.165, 1.54) is 0 Å². The van der Waals surface area contributed by atoms with E-state index < -0.39 is 0 Å². The molecule has 1 fully saturated rings. The Balaban J connectivity index is 2.02. The maximum Gasteiger partial charge on any atom is 0.234 e. The number of hydrogen-bond donors (Lipinski definition) is 2. The fourth-order valence-corrected chi connectivity index (χ4v) is 1.11. The lowest BCUT2D eigenvalue weighted by Gasteiger charge is -2.10. The number of rotatable bonds is 6. The van der Waals surface area contributed by atoms with Crippen LogP contribution in [0.1, 0.15) is 26.2 Å². The first-order valence-corrected chi connectivity index (χ1v) is 4.86. The van der Waals surface area contributed by atoms with Crippen LogP contribution in [0.25, 0.3) is 0 Å². The minimum absolute atomic E-state index is 0.110. The SMILES string of the molecule is C=CCC(C)NCC(=O)NC1CC1. The average Bonchev–Trinajstić information content (AvgIpc) is 2.85. The Morgan fingerprint density at radius 3 is 2.92 bits per heavy atom. The molecule has 0 aromatic rings. The first-order chi connectivity index (χ1) is 6.22. The van der Waals surface area contributed by atoms with Crippen molar-refractivity contribution in [1.82, 2.24) is 10.6 Å². The van der Waals surface area contributed by atoms with E-state index in [1.54, 1.807) is 0 Å². The standard InChI is InChI=1S/C10H18N2O/c1-3-4-8(2)11-7-10(13)12-9-5-6-9/h3,8-9,11H,1,4-7H2,2H3,(H,12,13). The highest BCUT2D eigenvalue weighted by Crippen LogP contribution is 2.18. The van der Waals surface area contributed by atoms with Crippen LogP contribution in [-0.4, -0.2) is 24.5 Å². The molecule has 13 heavy (non-hydrogen) atoms. The molecule has 0 aliphatic heterocycles. The predicted molar refractivity (Wildman–Crippen MR) is 53.4 cm³/mol. The zero-order valence-electron chi connectivity index (χ0n) is 8.18. The van der Waals surface area contributed by atoms with Crippen molar-refractivity contribution < 1.29 is 4.79 Å². The van der Waals surface area contributed by atoms with Crippen LogP contribution in [0.4, 0.5) is 0 Å². The van der Waals surface area contributed by atoms with Crippen LogP contribution in [-0.2, 0) is 4.79 Å². The highest BCUT2D eigenvalue weighted by molar-refractivity contribution is 5.78. The van der Waals surface area contributed by atoms with E-state index in [1.807, 2.05) is 13.0 Å². The molecule has 1 unspecified atom stereocenters. The first kappa shape index (κ1) is 10.3. The van der Waals surface area contributed by atoms with Gasteiger partial charge in [-0.1, -0.05) is 6.08 Å². The summed E-state index contributed by atoms with van der Waals surface area (Å²) in [5, 5.41) is 6.06. The molecule has 2 N–H and O–H groups in total. The Morgan fingerprint density at radius 1 is 1.69 bits per heavy atom. The van der Waals surface area contributed by atoms with Gasteiger partial charge in [0.2, 0.25) is 5.91 Å². The number of carbonyl (C=O) groups is 1. The zero-order chi connectivity index (χ0) is 9.68. The quantitative estimate of drug-likeness (QED) is 0.597. The Bertz CT molecular complexity index is 187. The molecule has 0 heterocycles. The first-order valence-electron chi connectivity index (χ1n) is 4.86. The van der Waals surface area contributed by atoms with E-state index in [0.29, 0.717) is 18.6 Å². The van der Waals surface area contributed by atoms with E-state index in [0.717, 1.165) is 19.3 Å². The molecule has 3 nitrogen and oxygen atoms in total. The van der Waals surface area contributed by atoms with Gasteiger partial charge in [0.25, 0.3) is 0 Å². The van der Waals surface area contributed by atoms with Gasteiger partial charge in [-0.05, 0) is 26.2 Å². The molecule has 1 rings (SSSR count). The molecule has 1 atom stereocenters. The summed E-state index contributed by atoms with van der Waals surface area (Å²) in [6.07, 6.45) is 5.05. The van der Waals surface area contributed by atoms with Gasteiger partial charge in [0.1, 0.15) is 0 Å². The van der Waals surface area contributed by atoms with Crippen molar-refractivity contribution >= 4 is 5.91 Å². The Morgan fingerprint density at radius 2 is 2.38 bits per heavy atom. The Labute approximate surface area is 79.6 Å². The molecular formula is C10H18N2O. The molecule has 0 saturated heterocycles. The van der Waals surface area contributed by atoms with E-state index >= 15 is 0 Å². The zero-order valence-corrected chi connectivity index (χ0v) is 8.18. The van der Waals surface area contributed by atoms with Gasteiger partial charge in [-0.15, -0.1) is 6.58 Å². The minimum Gasteiger partial charge on any atom is -0.352 e. The largest absolute Gasteiger partial charge is 0.352 e. The Hall–Kier alpha value is -0.830. The lowest BCUT2D eigenvalue weighted by molar-refractivity contribution is -0.120. The second-order valence-corrected chi connectivity index (χ2v) is 3.65. The summed E-state index contributed by atoms with van der Waals surface area (Å²) in [6, 6.07) is 0.798. The van der Waals surface area contributed by atoms with Crippen LogP contribution >= 0.6 is 0 Å². The fraction of sp³-hybridized carbons (Fsp3) is 0.700. The lowest BCUT2D eigenvalue weighted by Crippen LogP contribution is -2.38. The van der Waals surface area contributed by atoms with E-state index in [2.05, 4.69) is 17.2 Å². The molecule has 0 aromatic heterocycles. The minimum atomic E-state index is 0.110. The summed E-state index contributed by atoms with van der Waals surface area (Å²) >= 11 is 0. The summed E-state index contributed by atoms with van der Waals surface area (Å²) < 4.78 is 0. The maximum absolute atomic E-state index is 11.2. The number of nitrogens with one attached hydrogen (secondary N) is 2. The third kappa shape index (κ3) is 4.68. The highest BCUT2D eigenvalue weighted by atomic mass is 16.2. The van der Waals surface area contributed by atoms with Crippen molar-refractivity contribution in [1.29, 1.82) is 0 Å². The van der Waals surface area contributed by atoms with E-state index in [4.69, 9.17) is 0 Å². The average molecular weight is 182 g/mol. The van der Waals surface area contributed by atoms with Crippen LogP contribution in [0.15, 0.2) is 12.7 Å². The molecule has 1 saturated carbocycles. The third-order valence-corrected chi connectivity index (χ3v) is 2.07. The smallest absolute Gasteiger partial charge is 0.234 e. The molecule has 0 spiro atoms. The second-order valence-electron chi connectivity index (χ2n) is 3.65. The molecule has 3 heteroatoms. The van der Waals surface area contributed by atoms with Crippen LogP contribution in [0.2, 0.25) is 0 Å². The topological polar surface area (TPSA) is 41.1 Å². The fourth-order valence-electron chi connectivity index (χ4n) is 1.11. The van der Waals surface area contributed by atoms with Crippen molar-refractivity contribution in [2.45, 2.75) is 38.3 Å². The molecule has 0 aromatic carbocycles. The van der Waals surface area contributed by atoms with Crippen LogP contribution in [0.5, 0.6) is 0 Å². The van der Waals surface area contributed by atoms with Gasteiger partial charge in [0, 0.05) is 12.1 Å². The van der Waals surface area contributed by atoms with Crippen molar-refractivity contribution in [3.8, 4) is 0 Å². The summed E-state index contributed by atoms with van der Waals surface area (Å²) in [7, 11) is 0. The number of amides is 1. The molecule has 0 bridgehead atoms. The van der Waals surface area contributed by atoms with Gasteiger partial charge in [0.05, 0.1) is 6.54 Å². The summed E-state index contributed by atoms with van der Waals surface area (Å²) in [4.78, 5) is 11.2. The molecule has 1 aliphatic rings. The van der Waals surface area contributed by atoms with Crippen molar-refractivity contribution in [2.75, 3.05) is 6.54 Å². The van der Waals surface area contributed by atoms with Crippen LogP contribution in [0.3, 0.4) is 0 Å². The number of hydrogen-bond acceptors (Lipinski definition) is 2. The van der Waals surface area contributed by atoms with Gasteiger partial charge >= 0.3 is 0 Å². The van der Waals surface area contributed by atoms with E-state index in [-0.39, 0.29) is 5.91 Å². The lowest BCUT2D eigenvalue weighted by atomic mass is 10.2. The molecule has 1 amide bonds. The summed E-state index contributed by atoms with van der Waals surface area (Å²) in [5.74, 6) is 0.110. The molecule has 0 radical (unpaired) electrons. The monoisotopic (exact) mass is 182 g/mol. The third-order valence-electron chi connectivity index (χ3n) is 2.07. The van der Waals surface area contributed by atoms with Crippen molar-refractivity contribution in [3.05, 3.63) is 12.7 Å². The normalized spacial score (nSPS) is 17.9. The van der Waals surface area contributed by atoms with Gasteiger partial charge in [-0.3, -0.25) is 4.79 Å².